The molecule has 0 saturated carbocycles. The Morgan fingerprint density at radius 1 is 1.27 bits per heavy atom. The monoisotopic (exact) mass is 198 g/mol. The van der Waals surface area contributed by atoms with E-state index in [1.165, 1.54) is 0 Å². The fourth-order valence-corrected chi connectivity index (χ4v) is 1.49. The minimum atomic E-state index is 0.955. The Morgan fingerprint density at radius 2 is 2.13 bits per heavy atom. The first-order valence-corrected chi connectivity index (χ1v) is 5.24. The second-order valence-electron chi connectivity index (χ2n) is 3.43. The Hall–Kier alpha value is -1.41. The van der Waals surface area contributed by atoms with Crippen LogP contribution in [0.2, 0.25) is 0 Å². The lowest BCUT2D eigenvalue weighted by molar-refractivity contribution is 0.775. The maximum Gasteiger partial charge on any atom is 0.0941 e. The molecule has 0 spiro atoms. The van der Waals surface area contributed by atoms with Gasteiger partial charge in [-0.2, -0.15) is 0 Å². The molecule has 76 valence electrons. The fourth-order valence-electron chi connectivity index (χ4n) is 1.49. The standard InChI is InChI=1S/C13H14N2/c1-2-8-14-10-11-7-9-15-13-6-4-3-5-12(11)13/h3-7,9,14H,2,8H2,1H3. The lowest BCUT2D eigenvalue weighted by atomic mass is 10.1. The average molecular weight is 198 g/mol. The molecule has 2 radical (unpaired) electrons. The van der Waals surface area contributed by atoms with Crippen LogP contribution in [0.4, 0.5) is 0 Å². The van der Waals surface area contributed by atoms with Crippen LogP contribution in [0, 0.1) is 6.54 Å². The molecule has 1 aromatic heterocycles. The van der Waals surface area contributed by atoms with Gasteiger partial charge in [0.1, 0.15) is 0 Å². The van der Waals surface area contributed by atoms with Crippen molar-refractivity contribution in [3.63, 3.8) is 0 Å². The molecular weight excluding hydrogens is 184 g/mol. The van der Waals surface area contributed by atoms with Gasteiger partial charge in [0.05, 0.1) is 12.1 Å². The molecule has 0 bridgehead atoms. The fraction of sp³-hybridized carbons (Fsp3) is 0.231. The summed E-state index contributed by atoms with van der Waals surface area (Å²) in [6.07, 6.45) is 2.92. The molecular formula is C13H14N2. The van der Waals surface area contributed by atoms with Crippen LogP contribution in [0.1, 0.15) is 18.9 Å². The van der Waals surface area contributed by atoms with Gasteiger partial charge in [-0.15, -0.1) is 0 Å². The van der Waals surface area contributed by atoms with Gasteiger partial charge in [-0.3, -0.25) is 4.98 Å². The van der Waals surface area contributed by atoms with Crippen LogP contribution >= 0.6 is 0 Å². The summed E-state index contributed by atoms with van der Waals surface area (Å²) in [6.45, 7) is 6.29. The normalized spacial score (nSPS) is 10.7. The topological polar surface area (TPSA) is 24.9 Å². The van der Waals surface area contributed by atoms with Crippen molar-refractivity contribution in [3.05, 3.63) is 48.6 Å². The van der Waals surface area contributed by atoms with Crippen molar-refractivity contribution in [2.75, 3.05) is 6.54 Å². The lowest BCUT2D eigenvalue weighted by Crippen LogP contribution is -2.11. The molecule has 2 nitrogen and oxygen atoms in total. The third-order valence-electron chi connectivity index (χ3n) is 2.25. The largest absolute Gasteiger partial charge is 0.304 e. The molecule has 0 aliphatic carbocycles. The number of fused-ring (bicyclic) bond motifs is 1. The SMILES string of the molecule is CCCN[C]c1ccnc2ccccc12. The van der Waals surface area contributed by atoms with Crippen LogP contribution < -0.4 is 5.32 Å². The Balaban J connectivity index is 2.26. The third kappa shape index (κ3) is 2.34. The van der Waals surface area contributed by atoms with Gasteiger partial charge < -0.3 is 5.32 Å². The second-order valence-corrected chi connectivity index (χ2v) is 3.43. The van der Waals surface area contributed by atoms with Crippen LogP contribution in [0.5, 0.6) is 0 Å². The van der Waals surface area contributed by atoms with Gasteiger partial charge in [0.25, 0.3) is 0 Å². The molecule has 2 heteroatoms. The molecule has 0 aliphatic rings. The van der Waals surface area contributed by atoms with E-state index in [0.29, 0.717) is 0 Å². The molecule has 0 fully saturated rings. The van der Waals surface area contributed by atoms with Crippen molar-refractivity contribution in [1.29, 1.82) is 0 Å². The number of nitrogens with one attached hydrogen (secondary N) is 1. The van der Waals surface area contributed by atoms with E-state index in [4.69, 9.17) is 0 Å². The van der Waals surface area contributed by atoms with E-state index in [2.05, 4.69) is 29.8 Å². The van der Waals surface area contributed by atoms with Crippen LogP contribution in [0.15, 0.2) is 36.5 Å². The minimum absolute atomic E-state index is 0.955. The highest BCUT2D eigenvalue weighted by Gasteiger charge is 2.00. The smallest absolute Gasteiger partial charge is 0.0941 e. The van der Waals surface area contributed by atoms with Gasteiger partial charge in [0.15, 0.2) is 0 Å². The Morgan fingerprint density at radius 3 is 3.00 bits per heavy atom. The second kappa shape index (κ2) is 4.89. The summed E-state index contributed by atoms with van der Waals surface area (Å²) >= 11 is 0. The van der Waals surface area contributed by atoms with Gasteiger partial charge >= 0.3 is 0 Å². The highest BCUT2D eigenvalue weighted by molar-refractivity contribution is 5.82. The molecule has 1 aromatic carbocycles. The molecule has 1 N–H and O–H groups in total. The number of aromatic nitrogens is 1. The zero-order valence-electron chi connectivity index (χ0n) is 8.83. The molecule has 0 unspecified atom stereocenters. The van der Waals surface area contributed by atoms with Gasteiger partial charge in [-0.25, -0.2) is 0 Å². The number of hydrogen-bond donors (Lipinski definition) is 1. The predicted molar refractivity (Wildman–Crippen MR) is 62.4 cm³/mol. The number of benzene rings is 1. The first-order valence-electron chi connectivity index (χ1n) is 5.24. The van der Waals surface area contributed by atoms with Gasteiger partial charge in [-0.05, 0) is 30.7 Å². The van der Waals surface area contributed by atoms with Crippen molar-refractivity contribution < 1.29 is 0 Å². The predicted octanol–water partition coefficient (Wildman–Crippen LogP) is 2.62. The zero-order chi connectivity index (χ0) is 10.5. The summed E-state index contributed by atoms with van der Waals surface area (Å²) in [5, 5.41) is 4.31. The highest BCUT2D eigenvalue weighted by Crippen LogP contribution is 2.16. The number of pyridine rings is 1. The number of hydrogen-bond acceptors (Lipinski definition) is 2. The van der Waals surface area contributed by atoms with Gasteiger partial charge in [0, 0.05) is 11.6 Å². The van der Waals surface area contributed by atoms with Crippen molar-refractivity contribution in [2.24, 2.45) is 0 Å². The zero-order valence-corrected chi connectivity index (χ0v) is 8.83. The summed E-state index contributed by atoms with van der Waals surface area (Å²) in [6, 6.07) is 10.1. The quantitative estimate of drug-likeness (QED) is 0.603. The van der Waals surface area contributed by atoms with Crippen molar-refractivity contribution in [1.82, 2.24) is 10.3 Å². The molecule has 0 atom stereocenters. The number of nitrogens with zero attached hydrogens (tertiary/aromatic N) is 1. The van der Waals surface area contributed by atoms with E-state index in [9.17, 15) is 0 Å². The Bertz CT molecular complexity index is 432. The van der Waals surface area contributed by atoms with E-state index < -0.39 is 0 Å². The third-order valence-corrected chi connectivity index (χ3v) is 2.25. The molecule has 0 aliphatic heterocycles. The van der Waals surface area contributed by atoms with E-state index >= 15 is 0 Å². The summed E-state index contributed by atoms with van der Waals surface area (Å²) in [5.41, 5.74) is 2.09. The van der Waals surface area contributed by atoms with Crippen LogP contribution in [0.3, 0.4) is 0 Å². The highest BCUT2D eigenvalue weighted by atomic mass is 14.8. The van der Waals surface area contributed by atoms with E-state index in [-0.39, 0.29) is 0 Å². The van der Waals surface area contributed by atoms with Crippen LogP contribution in [-0.4, -0.2) is 11.5 Å². The molecule has 2 aromatic rings. The summed E-state index contributed by atoms with van der Waals surface area (Å²) < 4.78 is 0. The van der Waals surface area contributed by atoms with Crippen molar-refractivity contribution >= 4 is 10.9 Å². The maximum atomic E-state index is 4.30. The van der Waals surface area contributed by atoms with Gasteiger partial charge in [0.2, 0.25) is 0 Å². The molecule has 1 heterocycles. The Labute approximate surface area is 90.3 Å². The van der Waals surface area contributed by atoms with Crippen molar-refractivity contribution in [3.8, 4) is 0 Å². The first kappa shape index (κ1) is 10.1. The van der Waals surface area contributed by atoms with E-state index in [1.807, 2.05) is 30.5 Å². The number of rotatable bonds is 4. The number of para-hydroxylation sites is 1. The van der Waals surface area contributed by atoms with Crippen LogP contribution in [-0.2, 0) is 0 Å². The van der Waals surface area contributed by atoms with Crippen molar-refractivity contribution in [2.45, 2.75) is 13.3 Å². The van der Waals surface area contributed by atoms with E-state index in [1.54, 1.807) is 0 Å². The van der Waals surface area contributed by atoms with Crippen LogP contribution in [0.25, 0.3) is 10.9 Å². The Kier molecular flexibility index (Phi) is 3.30. The lowest BCUT2D eigenvalue weighted by Gasteiger charge is -2.05. The summed E-state index contributed by atoms with van der Waals surface area (Å²) in [4.78, 5) is 4.30. The molecule has 0 amide bonds. The first-order chi connectivity index (χ1) is 7.42. The maximum absolute atomic E-state index is 4.30. The summed E-state index contributed by atoms with van der Waals surface area (Å²) in [5.74, 6) is 0. The summed E-state index contributed by atoms with van der Waals surface area (Å²) in [7, 11) is 0. The van der Waals surface area contributed by atoms with Gasteiger partial charge in [-0.1, -0.05) is 25.1 Å². The average Bonchev–Trinajstić information content (AvgIpc) is 2.30. The molecule has 0 saturated heterocycles. The van der Waals surface area contributed by atoms with E-state index in [0.717, 1.165) is 29.4 Å². The minimum Gasteiger partial charge on any atom is -0.304 e. The molecule has 2 rings (SSSR count). The molecule has 15 heavy (non-hydrogen) atoms.